The Kier molecular flexibility index (Phi) is 6.36. The highest BCUT2D eigenvalue weighted by Crippen LogP contribution is 2.19. The summed E-state index contributed by atoms with van der Waals surface area (Å²) in [5.41, 5.74) is 7.89. The molecule has 106 valence electrons. The Morgan fingerprint density at radius 2 is 2.00 bits per heavy atom. The normalized spacial score (nSPS) is 10.3. The zero-order valence-electron chi connectivity index (χ0n) is 12.2. The maximum absolute atomic E-state index is 12.1. The fourth-order valence-electron chi connectivity index (χ4n) is 1.95. The molecule has 0 atom stereocenters. The lowest BCUT2D eigenvalue weighted by Crippen LogP contribution is -2.39. The number of hydrogen-bond donors (Lipinski definition) is 1. The second-order valence-electron chi connectivity index (χ2n) is 4.76. The summed E-state index contributed by atoms with van der Waals surface area (Å²) in [4.78, 5) is 16.0. The highest BCUT2D eigenvalue weighted by molar-refractivity contribution is 5.81. The molecule has 0 saturated heterocycles. The summed E-state index contributed by atoms with van der Waals surface area (Å²) in [7, 11) is 1.83. The van der Waals surface area contributed by atoms with Gasteiger partial charge in [-0.3, -0.25) is 4.79 Å². The van der Waals surface area contributed by atoms with Crippen molar-refractivity contribution >= 4 is 11.6 Å². The van der Waals surface area contributed by atoms with Crippen molar-refractivity contribution in [3.8, 4) is 0 Å². The van der Waals surface area contributed by atoms with Crippen LogP contribution in [0.2, 0.25) is 0 Å². The molecule has 1 amide bonds. The largest absolute Gasteiger partial charge is 0.362 e. The van der Waals surface area contributed by atoms with Gasteiger partial charge in [0.15, 0.2) is 0 Å². The van der Waals surface area contributed by atoms with E-state index in [9.17, 15) is 4.79 Å². The van der Waals surface area contributed by atoms with Crippen LogP contribution in [0.15, 0.2) is 24.3 Å². The zero-order chi connectivity index (χ0) is 14.3. The van der Waals surface area contributed by atoms with Crippen LogP contribution in [-0.4, -0.2) is 44.0 Å². The van der Waals surface area contributed by atoms with Gasteiger partial charge in [0.2, 0.25) is 5.91 Å². The fourth-order valence-corrected chi connectivity index (χ4v) is 1.95. The summed E-state index contributed by atoms with van der Waals surface area (Å²) < 4.78 is 0. The lowest BCUT2D eigenvalue weighted by molar-refractivity contribution is -0.128. The second-order valence-corrected chi connectivity index (χ2v) is 4.76. The SMILES string of the molecule is CCN(C)C(=O)CN(CCCN)c1ccccc1C. The Bertz CT molecular complexity index is 406. The topological polar surface area (TPSA) is 49.6 Å². The van der Waals surface area contributed by atoms with E-state index >= 15 is 0 Å². The molecule has 4 heteroatoms. The van der Waals surface area contributed by atoms with Crippen LogP contribution in [0.25, 0.3) is 0 Å². The smallest absolute Gasteiger partial charge is 0.241 e. The first-order chi connectivity index (χ1) is 9.10. The van der Waals surface area contributed by atoms with Crippen LogP contribution in [0.5, 0.6) is 0 Å². The highest BCUT2D eigenvalue weighted by atomic mass is 16.2. The number of aryl methyl sites for hydroxylation is 1. The number of amides is 1. The lowest BCUT2D eigenvalue weighted by Gasteiger charge is -2.27. The van der Waals surface area contributed by atoms with Crippen LogP contribution >= 0.6 is 0 Å². The molecule has 0 aromatic heterocycles. The zero-order valence-corrected chi connectivity index (χ0v) is 12.2. The highest BCUT2D eigenvalue weighted by Gasteiger charge is 2.15. The van der Waals surface area contributed by atoms with Crippen LogP contribution in [0.1, 0.15) is 18.9 Å². The predicted octanol–water partition coefficient (Wildman–Crippen LogP) is 1.63. The first-order valence-corrected chi connectivity index (χ1v) is 6.84. The summed E-state index contributed by atoms with van der Waals surface area (Å²) in [5.74, 6) is 0.141. The van der Waals surface area contributed by atoms with Gasteiger partial charge in [0.25, 0.3) is 0 Å². The fraction of sp³-hybridized carbons (Fsp3) is 0.533. The van der Waals surface area contributed by atoms with E-state index in [0.29, 0.717) is 13.1 Å². The molecule has 0 unspecified atom stereocenters. The molecule has 0 aliphatic carbocycles. The number of benzene rings is 1. The van der Waals surface area contributed by atoms with E-state index in [1.54, 1.807) is 4.90 Å². The van der Waals surface area contributed by atoms with Crippen molar-refractivity contribution in [1.29, 1.82) is 0 Å². The molecular formula is C15H25N3O. The standard InChI is InChI=1S/C15H25N3O/c1-4-17(3)15(19)12-18(11-7-10-16)14-9-6-5-8-13(14)2/h5-6,8-9H,4,7,10-12,16H2,1-3H3. The average molecular weight is 263 g/mol. The van der Waals surface area contributed by atoms with Crippen molar-refractivity contribution < 1.29 is 4.79 Å². The number of likely N-dealkylation sites (N-methyl/N-ethyl adjacent to an activating group) is 1. The Morgan fingerprint density at radius 3 is 2.58 bits per heavy atom. The molecular weight excluding hydrogens is 238 g/mol. The van der Waals surface area contributed by atoms with Crippen molar-refractivity contribution in [2.75, 3.05) is 38.1 Å². The minimum atomic E-state index is 0.141. The van der Waals surface area contributed by atoms with E-state index in [0.717, 1.165) is 25.2 Å². The first-order valence-electron chi connectivity index (χ1n) is 6.84. The summed E-state index contributed by atoms with van der Waals surface area (Å²) in [5, 5.41) is 0. The Balaban J connectivity index is 2.83. The van der Waals surface area contributed by atoms with Crippen molar-refractivity contribution in [2.24, 2.45) is 5.73 Å². The third-order valence-electron chi connectivity index (χ3n) is 3.31. The number of anilines is 1. The molecule has 0 aliphatic rings. The molecule has 4 nitrogen and oxygen atoms in total. The summed E-state index contributed by atoms with van der Waals surface area (Å²) >= 11 is 0. The molecule has 0 spiro atoms. The van der Waals surface area contributed by atoms with Gasteiger partial charge in [0.1, 0.15) is 0 Å². The van der Waals surface area contributed by atoms with Gasteiger partial charge in [-0.25, -0.2) is 0 Å². The van der Waals surface area contributed by atoms with Crippen LogP contribution < -0.4 is 10.6 Å². The van der Waals surface area contributed by atoms with Crippen molar-refractivity contribution in [3.63, 3.8) is 0 Å². The van der Waals surface area contributed by atoms with Crippen LogP contribution in [-0.2, 0) is 4.79 Å². The molecule has 0 saturated carbocycles. The number of para-hydroxylation sites is 1. The molecule has 0 radical (unpaired) electrons. The molecule has 0 heterocycles. The summed E-state index contributed by atoms with van der Waals surface area (Å²) in [6.07, 6.45) is 0.886. The van der Waals surface area contributed by atoms with Gasteiger partial charge in [-0.2, -0.15) is 0 Å². The van der Waals surface area contributed by atoms with Crippen LogP contribution in [0.3, 0.4) is 0 Å². The third-order valence-corrected chi connectivity index (χ3v) is 3.31. The third kappa shape index (κ3) is 4.56. The predicted molar refractivity (Wildman–Crippen MR) is 80.4 cm³/mol. The van der Waals surface area contributed by atoms with Gasteiger partial charge in [-0.05, 0) is 38.4 Å². The number of hydrogen-bond acceptors (Lipinski definition) is 3. The van der Waals surface area contributed by atoms with E-state index in [1.165, 1.54) is 5.56 Å². The molecule has 1 aromatic rings. The van der Waals surface area contributed by atoms with Gasteiger partial charge < -0.3 is 15.5 Å². The summed E-state index contributed by atoms with van der Waals surface area (Å²) in [6, 6.07) is 8.15. The second kappa shape index (κ2) is 7.79. The average Bonchev–Trinajstić information content (AvgIpc) is 2.43. The summed E-state index contributed by atoms with van der Waals surface area (Å²) in [6.45, 7) is 6.64. The minimum absolute atomic E-state index is 0.141. The van der Waals surface area contributed by atoms with Crippen LogP contribution in [0, 0.1) is 6.92 Å². The van der Waals surface area contributed by atoms with Crippen molar-refractivity contribution in [1.82, 2.24) is 4.90 Å². The molecule has 2 N–H and O–H groups in total. The Morgan fingerprint density at radius 1 is 1.32 bits per heavy atom. The van der Waals surface area contributed by atoms with E-state index in [4.69, 9.17) is 5.73 Å². The number of nitrogens with two attached hydrogens (primary N) is 1. The minimum Gasteiger partial charge on any atom is -0.362 e. The van der Waals surface area contributed by atoms with Crippen LogP contribution in [0.4, 0.5) is 5.69 Å². The van der Waals surface area contributed by atoms with Gasteiger partial charge in [-0.1, -0.05) is 18.2 Å². The Hall–Kier alpha value is -1.55. The quantitative estimate of drug-likeness (QED) is 0.813. The molecule has 0 aliphatic heterocycles. The van der Waals surface area contributed by atoms with Gasteiger partial charge >= 0.3 is 0 Å². The first kappa shape index (κ1) is 15.5. The van der Waals surface area contributed by atoms with Crippen molar-refractivity contribution in [2.45, 2.75) is 20.3 Å². The van der Waals surface area contributed by atoms with E-state index in [2.05, 4.69) is 24.0 Å². The monoisotopic (exact) mass is 263 g/mol. The van der Waals surface area contributed by atoms with Gasteiger partial charge in [0.05, 0.1) is 6.54 Å². The number of nitrogens with zero attached hydrogens (tertiary/aromatic N) is 2. The number of carbonyl (C=O) groups is 1. The molecule has 0 fully saturated rings. The van der Waals surface area contributed by atoms with E-state index in [1.807, 2.05) is 26.1 Å². The maximum atomic E-state index is 12.1. The molecule has 1 aromatic carbocycles. The molecule has 0 bridgehead atoms. The molecule has 19 heavy (non-hydrogen) atoms. The van der Waals surface area contributed by atoms with Gasteiger partial charge in [-0.15, -0.1) is 0 Å². The van der Waals surface area contributed by atoms with Gasteiger partial charge in [0, 0.05) is 25.8 Å². The Labute approximate surface area is 116 Å². The number of rotatable bonds is 7. The van der Waals surface area contributed by atoms with E-state index < -0.39 is 0 Å². The lowest BCUT2D eigenvalue weighted by atomic mass is 10.1. The van der Waals surface area contributed by atoms with Crippen molar-refractivity contribution in [3.05, 3.63) is 29.8 Å². The van der Waals surface area contributed by atoms with E-state index in [-0.39, 0.29) is 5.91 Å². The maximum Gasteiger partial charge on any atom is 0.241 e. The number of carbonyl (C=O) groups excluding carboxylic acids is 1. The molecule has 1 rings (SSSR count).